The molecule has 0 fully saturated rings. The van der Waals surface area contributed by atoms with Crippen molar-refractivity contribution in [3.05, 3.63) is 36.0 Å². The summed E-state index contributed by atoms with van der Waals surface area (Å²) in [7, 11) is 0. The summed E-state index contributed by atoms with van der Waals surface area (Å²) in [4.78, 5) is 12.0. The number of hydrogen-bond donors (Lipinski definition) is 2. The minimum absolute atomic E-state index is 0.0653. The highest BCUT2D eigenvalue weighted by molar-refractivity contribution is 5.91. The molecule has 0 bridgehead atoms. The van der Waals surface area contributed by atoms with E-state index in [0.29, 0.717) is 5.82 Å². The first kappa shape index (κ1) is 11.9. The fraction of sp³-hybridized carbons (Fsp3) is 0.286. The lowest BCUT2D eigenvalue weighted by Crippen LogP contribution is -2.36. The van der Waals surface area contributed by atoms with Gasteiger partial charge in [0.25, 0.3) is 5.91 Å². The fourth-order valence-electron chi connectivity index (χ4n) is 2.44. The van der Waals surface area contributed by atoms with E-state index in [-0.39, 0.29) is 25.0 Å². The number of nitrogens with one attached hydrogen (secondary N) is 1. The Morgan fingerprint density at radius 2 is 2.16 bits per heavy atom. The van der Waals surface area contributed by atoms with E-state index in [1.165, 1.54) is 4.68 Å². The van der Waals surface area contributed by atoms with Gasteiger partial charge in [-0.2, -0.15) is 9.78 Å². The molecule has 0 aliphatic carbocycles. The van der Waals surface area contributed by atoms with Crippen molar-refractivity contribution >= 4 is 11.7 Å². The zero-order valence-corrected chi connectivity index (χ0v) is 10.6. The van der Waals surface area contributed by atoms with Gasteiger partial charge in [-0.1, -0.05) is 30.3 Å². The lowest BCUT2D eigenvalue weighted by Gasteiger charge is -2.23. The number of fused-ring (bicyclic) bond motifs is 1. The molecule has 1 aliphatic rings. The number of anilines is 1. The number of rotatable bonds is 2. The third kappa shape index (κ3) is 1.92. The second-order valence-corrected chi connectivity index (χ2v) is 4.71. The Balaban J connectivity index is 2.15. The molecular formula is C14H15N3O2. The van der Waals surface area contributed by atoms with Gasteiger partial charge >= 0.3 is 0 Å². The van der Waals surface area contributed by atoms with Gasteiger partial charge in [0.05, 0.1) is 24.8 Å². The number of carbonyl (C=O) groups excluding carboxylic acids is 1. The van der Waals surface area contributed by atoms with Gasteiger partial charge in [-0.15, -0.1) is 0 Å². The molecule has 5 heteroatoms. The summed E-state index contributed by atoms with van der Waals surface area (Å²) < 4.78 is 1.41. The van der Waals surface area contributed by atoms with Gasteiger partial charge in [-0.05, 0) is 12.5 Å². The van der Waals surface area contributed by atoms with Crippen LogP contribution in [0.15, 0.2) is 30.3 Å². The van der Waals surface area contributed by atoms with Crippen LogP contribution in [0.25, 0.3) is 11.1 Å². The molecule has 3 rings (SSSR count). The maximum Gasteiger partial charge on any atom is 0.250 e. The van der Waals surface area contributed by atoms with Crippen LogP contribution in [0.5, 0.6) is 0 Å². The van der Waals surface area contributed by atoms with Crippen molar-refractivity contribution in [3.8, 4) is 11.1 Å². The van der Waals surface area contributed by atoms with Gasteiger partial charge in [0.15, 0.2) is 0 Å². The zero-order valence-electron chi connectivity index (χ0n) is 10.6. The molecule has 0 spiro atoms. The van der Waals surface area contributed by atoms with Gasteiger partial charge in [0.2, 0.25) is 0 Å². The first-order valence-electron chi connectivity index (χ1n) is 6.26. The van der Waals surface area contributed by atoms with Crippen LogP contribution >= 0.6 is 0 Å². The number of aromatic nitrogens is 2. The highest BCUT2D eigenvalue weighted by Crippen LogP contribution is 2.33. The van der Waals surface area contributed by atoms with Crippen LogP contribution < -0.4 is 5.32 Å². The summed E-state index contributed by atoms with van der Waals surface area (Å²) in [5.41, 5.74) is 2.74. The van der Waals surface area contributed by atoms with Crippen molar-refractivity contribution in [2.75, 3.05) is 11.9 Å². The Labute approximate surface area is 110 Å². The van der Waals surface area contributed by atoms with E-state index < -0.39 is 0 Å². The molecule has 5 nitrogen and oxygen atoms in total. The smallest absolute Gasteiger partial charge is 0.250 e. The Hall–Kier alpha value is -2.14. The third-order valence-electron chi connectivity index (χ3n) is 3.34. The Morgan fingerprint density at radius 1 is 1.42 bits per heavy atom. The topological polar surface area (TPSA) is 67.2 Å². The van der Waals surface area contributed by atoms with E-state index >= 15 is 0 Å². The maximum atomic E-state index is 12.0. The fourth-order valence-corrected chi connectivity index (χ4v) is 2.44. The van der Waals surface area contributed by atoms with Crippen LogP contribution in [0.4, 0.5) is 5.82 Å². The monoisotopic (exact) mass is 257 g/mol. The van der Waals surface area contributed by atoms with Crippen LogP contribution in [0.2, 0.25) is 0 Å². The van der Waals surface area contributed by atoms with E-state index in [9.17, 15) is 9.90 Å². The molecule has 0 radical (unpaired) electrons. The van der Waals surface area contributed by atoms with Crippen LogP contribution in [-0.2, 0) is 0 Å². The molecule has 2 heterocycles. The average molecular weight is 257 g/mol. The van der Waals surface area contributed by atoms with E-state index in [4.69, 9.17) is 0 Å². The molecule has 2 aromatic rings. The van der Waals surface area contributed by atoms with E-state index in [1.807, 2.05) is 37.3 Å². The molecule has 0 saturated heterocycles. The van der Waals surface area contributed by atoms with Crippen molar-refractivity contribution in [1.82, 2.24) is 9.78 Å². The first-order valence-corrected chi connectivity index (χ1v) is 6.26. The summed E-state index contributed by atoms with van der Waals surface area (Å²) in [5, 5.41) is 16.8. The Kier molecular flexibility index (Phi) is 2.83. The number of hydrogen-bond acceptors (Lipinski definition) is 4. The third-order valence-corrected chi connectivity index (χ3v) is 3.34. The maximum absolute atomic E-state index is 12.0. The minimum Gasteiger partial charge on any atom is -0.394 e. The quantitative estimate of drug-likeness (QED) is 0.859. The van der Waals surface area contributed by atoms with E-state index in [2.05, 4.69) is 10.4 Å². The lowest BCUT2D eigenvalue weighted by molar-refractivity contribution is 0.0858. The van der Waals surface area contributed by atoms with Crippen LogP contribution in [0, 0.1) is 6.92 Å². The van der Waals surface area contributed by atoms with Gasteiger partial charge in [-0.3, -0.25) is 4.79 Å². The Morgan fingerprint density at radius 3 is 2.84 bits per heavy atom. The van der Waals surface area contributed by atoms with Gasteiger partial charge < -0.3 is 10.4 Å². The summed E-state index contributed by atoms with van der Waals surface area (Å²) >= 11 is 0. The zero-order chi connectivity index (χ0) is 13.4. The van der Waals surface area contributed by atoms with Crippen LogP contribution in [0.3, 0.4) is 0 Å². The standard InChI is InChI=1S/C14H15N3O2/c1-9-13(10-5-3-2-4-6-10)14-15-11(8-18)7-12(19)17(14)16-9/h2-6,11,15,18H,7-8H2,1H3/t11-/m0/s1. The summed E-state index contributed by atoms with van der Waals surface area (Å²) in [5.74, 6) is 0.595. The number of nitrogens with zero attached hydrogens (tertiary/aromatic N) is 2. The second-order valence-electron chi connectivity index (χ2n) is 4.71. The highest BCUT2D eigenvalue weighted by atomic mass is 16.3. The van der Waals surface area contributed by atoms with Crippen molar-refractivity contribution in [1.29, 1.82) is 0 Å². The predicted molar refractivity (Wildman–Crippen MR) is 72.1 cm³/mol. The molecule has 2 N–H and O–H groups in total. The molecule has 0 saturated carbocycles. The largest absolute Gasteiger partial charge is 0.394 e. The number of benzene rings is 1. The van der Waals surface area contributed by atoms with Crippen LogP contribution in [0.1, 0.15) is 16.9 Å². The average Bonchev–Trinajstić information content (AvgIpc) is 2.76. The van der Waals surface area contributed by atoms with Crippen molar-refractivity contribution in [3.63, 3.8) is 0 Å². The molecule has 98 valence electrons. The molecule has 0 amide bonds. The predicted octanol–water partition coefficient (Wildman–Crippen LogP) is 1.68. The number of aliphatic hydroxyl groups is 1. The summed E-state index contributed by atoms with van der Waals surface area (Å²) in [6, 6.07) is 9.59. The molecule has 1 aromatic heterocycles. The molecule has 19 heavy (non-hydrogen) atoms. The van der Waals surface area contributed by atoms with Gasteiger partial charge in [-0.25, -0.2) is 0 Å². The SMILES string of the molecule is Cc1nn2c(c1-c1ccccc1)N[C@H](CO)CC2=O. The van der Waals surface area contributed by atoms with E-state index in [0.717, 1.165) is 16.8 Å². The molecule has 1 atom stereocenters. The first-order chi connectivity index (χ1) is 9.20. The van der Waals surface area contributed by atoms with E-state index in [1.54, 1.807) is 0 Å². The lowest BCUT2D eigenvalue weighted by atomic mass is 10.0. The summed E-state index contributed by atoms with van der Waals surface area (Å²) in [6.07, 6.45) is 0.263. The van der Waals surface area contributed by atoms with Crippen LogP contribution in [-0.4, -0.2) is 33.4 Å². The number of aryl methyl sites for hydroxylation is 1. The highest BCUT2D eigenvalue weighted by Gasteiger charge is 2.29. The molecule has 0 unspecified atom stereocenters. The normalized spacial score (nSPS) is 18.0. The van der Waals surface area contributed by atoms with Crippen molar-refractivity contribution in [2.24, 2.45) is 0 Å². The number of aliphatic hydroxyl groups excluding tert-OH is 1. The number of carbonyl (C=O) groups is 1. The molecular weight excluding hydrogens is 242 g/mol. The molecule has 1 aromatic carbocycles. The minimum atomic E-state index is -0.237. The second kappa shape index (κ2) is 4.51. The van der Waals surface area contributed by atoms with Crippen molar-refractivity contribution in [2.45, 2.75) is 19.4 Å². The molecule has 1 aliphatic heterocycles. The Bertz CT molecular complexity index is 619. The summed E-state index contributed by atoms with van der Waals surface area (Å²) in [6.45, 7) is 1.82. The van der Waals surface area contributed by atoms with Gasteiger partial charge in [0, 0.05) is 5.56 Å². The van der Waals surface area contributed by atoms with Gasteiger partial charge in [0.1, 0.15) is 5.82 Å². The van der Waals surface area contributed by atoms with Crippen molar-refractivity contribution < 1.29 is 9.90 Å².